The first-order chi connectivity index (χ1) is 35.8. The van der Waals surface area contributed by atoms with E-state index in [0.717, 1.165) is 87.0 Å². The number of hydrogen-bond acceptors (Lipinski definition) is 4. The molecule has 12 aromatic rings. The summed E-state index contributed by atoms with van der Waals surface area (Å²) in [4.78, 5) is 9.86. The summed E-state index contributed by atoms with van der Waals surface area (Å²) in [6.45, 7) is 9.12. The molecule has 74 heavy (non-hydrogen) atoms. The van der Waals surface area contributed by atoms with Gasteiger partial charge < -0.3 is 14.0 Å². The predicted molar refractivity (Wildman–Crippen MR) is 298 cm³/mol. The van der Waals surface area contributed by atoms with Crippen LogP contribution in [0.1, 0.15) is 72.9 Å². The Bertz CT molecular complexity index is 3750. The fourth-order valence-corrected chi connectivity index (χ4v) is 9.85. The monoisotopic (exact) mass is 1140 g/mol. The van der Waals surface area contributed by atoms with E-state index in [1.807, 2.05) is 65.6 Å². The molecule has 0 aliphatic heterocycles. The number of nitrogens with zero attached hydrogens (tertiary/aromatic N) is 5. The van der Waals surface area contributed by atoms with Gasteiger partial charge in [-0.15, -0.1) is 60.2 Å². The normalized spacial score (nSPS) is 11.3. The van der Waals surface area contributed by atoms with Crippen molar-refractivity contribution in [3.8, 4) is 45.1 Å². The molecule has 0 aliphatic carbocycles. The molecule has 0 N–H and O–H groups in total. The van der Waals surface area contributed by atoms with E-state index in [0.29, 0.717) is 11.8 Å². The van der Waals surface area contributed by atoms with Crippen molar-refractivity contribution >= 4 is 33.0 Å². The van der Waals surface area contributed by atoms with Crippen LogP contribution in [0.25, 0.3) is 78.1 Å². The number of pyridine rings is 1. The molecule has 12 rings (SSSR count). The first-order valence-corrected chi connectivity index (χ1v) is 25.4. The number of imidazole rings is 1. The maximum absolute atomic E-state index is 6.47. The summed E-state index contributed by atoms with van der Waals surface area (Å²) in [5.74, 6) is 1.45. The second-order valence-electron chi connectivity index (χ2n) is 19.3. The van der Waals surface area contributed by atoms with Gasteiger partial charge in [0.2, 0.25) is 0 Å². The molecule has 6 nitrogen and oxygen atoms in total. The van der Waals surface area contributed by atoms with Crippen LogP contribution in [0.2, 0.25) is 0 Å². The van der Waals surface area contributed by atoms with Crippen molar-refractivity contribution in [2.45, 2.75) is 65.2 Å². The SMILES string of the molecule is CC(C)c1cc(-c2ccccc2)cc(C(C)C)c1-n1c(-c2[c-]ccc3c2oc2ccccc23)nc2ccccc21.[Ir+3].[c-]1ccccc1-c1ccc(CCc2cccc(CCc3c[c-]c(-n4cccn4)cc3)c2)cn1. The van der Waals surface area contributed by atoms with Crippen LogP contribution in [0.3, 0.4) is 0 Å². The van der Waals surface area contributed by atoms with Gasteiger partial charge in [-0.2, -0.15) is 28.9 Å². The summed E-state index contributed by atoms with van der Waals surface area (Å²) in [7, 11) is 0. The van der Waals surface area contributed by atoms with Crippen molar-refractivity contribution in [3.63, 3.8) is 0 Å². The van der Waals surface area contributed by atoms with Crippen molar-refractivity contribution < 1.29 is 24.5 Å². The van der Waals surface area contributed by atoms with Crippen LogP contribution in [0.5, 0.6) is 0 Å². The van der Waals surface area contributed by atoms with Gasteiger partial charge in [-0.25, -0.2) is 0 Å². The van der Waals surface area contributed by atoms with Crippen LogP contribution >= 0.6 is 0 Å². The second-order valence-corrected chi connectivity index (χ2v) is 19.3. The van der Waals surface area contributed by atoms with E-state index in [2.05, 4.69) is 200 Å². The quantitative estimate of drug-likeness (QED) is 0.108. The zero-order chi connectivity index (χ0) is 49.7. The molecular formula is C67H56IrN5O. The Morgan fingerprint density at radius 3 is 1.99 bits per heavy atom. The van der Waals surface area contributed by atoms with Gasteiger partial charge in [0.05, 0.1) is 22.4 Å². The van der Waals surface area contributed by atoms with Gasteiger partial charge in [-0.1, -0.05) is 142 Å². The fourth-order valence-electron chi connectivity index (χ4n) is 9.85. The van der Waals surface area contributed by atoms with Gasteiger partial charge >= 0.3 is 20.1 Å². The van der Waals surface area contributed by atoms with Crippen molar-refractivity contribution in [2.75, 3.05) is 0 Å². The van der Waals surface area contributed by atoms with Crippen molar-refractivity contribution in [2.24, 2.45) is 0 Å². The van der Waals surface area contributed by atoms with E-state index >= 15 is 0 Å². The van der Waals surface area contributed by atoms with Crippen LogP contribution in [-0.2, 0) is 45.8 Å². The first kappa shape index (κ1) is 49.6. The topological polar surface area (TPSA) is 61.7 Å². The number of furan rings is 1. The molecule has 0 radical (unpaired) electrons. The molecule has 0 aliphatic rings. The number of benzene rings is 8. The molecule has 0 unspecified atom stereocenters. The van der Waals surface area contributed by atoms with Gasteiger partial charge in [-0.3, -0.25) is 9.67 Å². The minimum Gasteiger partial charge on any atom is -0.501 e. The number of hydrogen-bond donors (Lipinski definition) is 0. The molecule has 4 heterocycles. The Morgan fingerprint density at radius 2 is 1.28 bits per heavy atom. The zero-order valence-corrected chi connectivity index (χ0v) is 44.5. The average Bonchev–Trinajstić information content (AvgIpc) is 4.23. The standard InChI is InChI=1S/C37H31N2O.C30H25N3.Ir/c1-23(2)30-21-26(25-13-6-5-7-14-25)22-31(24(3)4)35(30)39-33-19-10-9-18-32(33)38-37(39)29-17-12-16-28-27-15-8-11-20-34(27)40-36(28)29;1-2-8-28(9-3-1)30-19-16-27(23-31-30)13-12-26-7-4-6-25(22-26)11-10-24-14-17-29(18-15-24)33-21-5-20-32-33;/h5-16,18-24H,1-4H3;1-8,14-17,19-23H,10-13H2;/q-1;-2;+3. The van der Waals surface area contributed by atoms with Crippen LogP contribution in [0.15, 0.2) is 211 Å². The number of aromatic nitrogens is 5. The molecule has 7 heteroatoms. The minimum absolute atomic E-state index is 0. The van der Waals surface area contributed by atoms with Crippen molar-refractivity contribution in [3.05, 3.63) is 258 Å². The molecule has 0 bridgehead atoms. The summed E-state index contributed by atoms with van der Waals surface area (Å²) < 4.78 is 10.7. The summed E-state index contributed by atoms with van der Waals surface area (Å²) in [6.07, 6.45) is 9.72. The third-order valence-corrected chi connectivity index (χ3v) is 13.7. The van der Waals surface area contributed by atoms with E-state index in [1.54, 1.807) is 6.20 Å². The van der Waals surface area contributed by atoms with E-state index < -0.39 is 0 Å². The summed E-state index contributed by atoms with van der Waals surface area (Å²) >= 11 is 0. The van der Waals surface area contributed by atoms with E-state index in [9.17, 15) is 0 Å². The number of rotatable bonds is 13. The van der Waals surface area contributed by atoms with Gasteiger partial charge in [0.15, 0.2) is 0 Å². The Hall–Kier alpha value is -7.96. The molecule has 364 valence electrons. The summed E-state index contributed by atoms with van der Waals surface area (Å²) in [5.41, 5.74) is 19.1. The maximum atomic E-state index is 6.47. The van der Waals surface area contributed by atoms with Crippen LogP contribution in [0.4, 0.5) is 0 Å². The number of para-hydroxylation sites is 3. The maximum Gasteiger partial charge on any atom is 3.00 e. The number of aryl methyl sites for hydroxylation is 4. The van der Waals surface area contributed by atoms with E-state index in [-0.39, 0.29) is 20.1 Å². The zero-order valence-electron chi connectivity index (χ0n) is 42.1. The Balaban J connectivity index is 0.000000170. The molecule has 0 saturated heterocycles. The third kappa shape index (κ3) is 10.6. The van der Waals surface area contributed by atoms with Gasteiger partial charge in [-0.05, 0) is 118 Å². The largest absolute Gasteiger partial charge is 3.00 e. The van der Waals surface area contributed by atoms with Crippen LogP contribution in [-0.4, -0.2) is 24.3 Å². The Kier molecular flexibility index (Phi) is 15.0. The fraction of sp³-hybridized carbons (Fsp3) is 0.149. The van der Waals surface area contributed by atoms with Gasteiger partial charge in [0.25, 0.3) is 0 Å². The molecular weight excluding hydrogens is 1080 g/mol. The molecule has 0 fully saturated rings. The molecule has 0 atom stereocenters. The minimum atomic E-state index is 0. The Labute approximate surface area is 447 Å². The molecule has 0 spiro atoms. The average molecular weight is 1140 g/mol. The first-order valence-electron chi connectivity index (χ1n) is 25.4. The van der Waals surface area contributed by atoms with E-state index in [1.165, 1.54) is 50.2 Å². The van der Waals surface area contributed by atoms with Crippen LogP contribution in [0, 0.1) is 18.2 Å². The molecule has 0 amide bonds. The Morgan fingerprint density at radius 1 is 0.568 bits per heavy atom. The second kappa shape index (κ2) is 22.4. The van der Waals surface area contributed by atoms with Crippen molar-refractivity contribution in [1.82, 2.24) is 24.3 Å². The molecule has 4 aromatic heterocycles. The molecule has 8 aromatic carbocycles. The van der Waals surface area contributed by atoms with Gasteiger partial charge in [0.1, 0.15) is 5.58 Å². The van der Waals surface area contributed by atoms with Gasteiger partial charge in [0, 0.05) is 29.7 Å². The summed E-state index contributed by atoms with van der Waals surface area (Å²) in [6, 6.07) is 75.6. The number of fused-ring (bicyclic) bond motifs is 4. The van der Waals surface area contributed by atoms with Crippen LogP contribution < -0.4 is 0 Å². The smallest absolute Gasteiger partial charge is 0.501 e. The third-order valence-electron chi connectivity index (χ3n) is 13.7. The molecule has 0 saturated carbocycles. The summed E-state index contributed by atoms with van der Waals surface area (Å²) in [5, 5.41) is 6.44. The van der Waals surface area contributed by atoms with E-state index in [4.69, 9.17) is 9.40 Å². The predicted octanol–water partition coefficient (Wildman–Crippen LogP) is 16.4. The van der Waals surface area contributed by atoms with Crippen molar-refractivity contribution in [1.29, 1.82) is 0 Å².